The first kappa shape index (κ1) is 16.2. The van der Waals surface area contributed by atoms with Gasteiger partial charge < -0.3 is 10.1 Å². The molecule has 0 bridgehead atoms. The maximum atomic E-state index is 12.3. The van der Waals surface area contributed by atoms with Crippen LogP contribution in [0.2, 0.25) is 0 Å². The number of carbonyl (C=O) groups excluding carboxylic acids is 1. The fourth-order valence-electron chi connectivity index (χ4n) is 3.78. The summed E-state index contributed by atoms with van der Waals surface area (Å²) < 4.78 is 7.49. The fourth-order valence-corrected chi connectivity index (χ4v) is 3.78. The molecule has 1 saturated carbocycles. The number of rotatable bonds is 5. The molecule has 25 heavy (non-hydrogen) atoms. The van der Waals surface area contributed by atoms with Crippen LogP contribution in [0.1, 0.15) is 32.1 Å². The summed E-state index contributed by atoms with van der Waals surface area (Å²) >= 11 is 0. The van der Waals surface area contributed by atoms with Crippen LogP contribution < -0.4 is 5.32 Å². The van der Waals surface area contributed by atoms with Gasteiger partial charge in [0.05, 0.1) is 5.60 Å². The van der Waals surface area contributed by atoms with E-state index in [4.69, 9.17) is 4.74 Å². The topological polar surface area (TPSA) is 81.9 Å². The minimum Gasteiger partial charge on any atom is -0.375 e. The summed E-state index contributed by atoms with van der Waals surface area (Å²) in [6.45, 7) is 1.64. The molecule has 1 atom stereocenters. The van der Waals surface area contributed by atoms with Crippen molar-refractivity contribution in [2.45, 2.75) is 44.2 Å². The Bertz CT molecular complexity index is 726. The molecule has 4 rings (SSSR count). The summed E-state index contributed by atoms with van der Waals surface area (Å²) in [5, 5.41) is 14.7. The maximum Gasteiger partial charge on any atom is 0.241 e. The summed E-state index contributed by atoms with van der Waals surface area (Å²) in [5.41, 5.74) is 1.01. The zero-order valence-corrected chi connectivity index (χ0v) is 14.2. The van der Waals surface area contributed by atoms with E-state index >= 15 is 0 Å². The van der Waals surface area contributed by atoms with Crippen molar-refractivity contribution >= 4 is 5.91 Å². The van der Waals surface area contributed by atoms with Crippen molar-refractivity contribution in [2.75, 3.05) is 13.2 Å². The number of hydrogen-bond acceptors (Lipinski definition) is 5. The Hall–Kier alpha value is -2.28. The number of amides is 1. The summed E-state index contributed by atoms with van der Waals surface area (Å²) in [6.07, 6.45) is 5.68. The Labute approximate surface area is 146 Å². The highest BCUT2D eigenvalue weighted by Gasteiger charge is 2.42. The number of nitrogens with zero attached hydrogens (tertiary/aromatic N) is 4. The molecule has 1 aromatic carbocycles. The molecule has 1 aliphatic carbocycles. The molecule has 1 unspecified atom stereocenters. The van der Waals surface area contributed by atoms with Crippen LogP contribution in [0.4, 0.5) is 0 Å². The lowest BCUT2D eigenvalue weighted by Crippen LogP contribution is -2.47. The Morgan fingerprint density at radius 1 is 1.32 bits per heavy atom. The van der Waals surface area contributed by atoms with Crippen LogP contribution in [-0.2, 0) is 16.1 Å². The molecule has 7 heteroatoms. The first-order valence-electron chi connectivity index (χ1n) is 8.96. The summed E-state index contributed by atoms with van der Waals surface area (Å²) in [4.78, 5) is 12.3. The van der Waals surface area contributed by atoms with Gasteiger partial charge in [0.25, 0.3) is 0 Å². The molecular weight excluding hydrogens is 318 g/mol. The average Bonchev–Trinajstić information content (AvgIpc) is 3.08. The van der Waals surface area contributed by atoms with E-state index in [9.17, 15) is 4.79 Å². The largest absolute Gasteiger partial charge is 0.375 e. The maximum absolute atomic E-state index is 12.3. The monoisotopic (exact) mass is 341 g/mol. The molecular formula is C18H23N5O2. The fraction of sp³-hybridized carbons (Fsp3) is 0.556. The molecule has 2 fully saturated rings. The lowest BCUT2D eigenvalue weighted by atomic mass is 9.72. The molecule has 2 aromatic rings. The highest BCUT2D eigenvalue weighted by molar-refractivity contribution is 5.76. The number of hydrogen-bond donors (Lipinski definition) is 1. The SMILES string of the molecule is O=C(Cn1nnnc1-c1ccccc1)NCC1CCOC2(CCC2)C1. The zero-order valence-electron chi connectivity index (χ0n) is 14.2. The van der Waals surface area contributed by atoms with Crippen LogP contribution in [0.15, 0.2) is 30.3 Å². The molecule has 1 saturated heterocycles. The van der Waals surface area contributed by atoms with Gasteiger partial charge in [0.2, 0.25) is 5.91 Å². The van der Waals surface area contributed by atoms with E-state index in [2.05, 4.69) is 20.8 Å². The normalized spacial score (nSPS) is 21.7. The van der Waals surface area contributed by atoms with Gasteiger partial charge in [-0.2, -0.15) is 0 Å². The van der Waals surface area contributed by atoms with Gasteiger partial charge in [-0.1, -0.05) is 30.3 Å². The van der Waals surface area contributed by atoms with E-state index in [1.807, 2.05) is 30.3 Å². The van der Waals surface area contributed by atoms with Gasteiger partial charge in [-0.15, -0.1) is 5.10 Å². The van der Waals surface area contributed by atoms with Crippen LogP contribution in [0.5, 0.6) is 0 Å². The predicted molar refractivity (Wildman–Crippen MR) is 91.5 cm³/mol. The van der Waals surface area contributed by atoms with Gasteiger partial charge in [0.15, 0.2) is 5.82 Å². The quantitative estimate of drug-likeness (QED) is 0.897. The van der Waals surface area contributed by atoms with E-state index in [0.717, 1.165) is 25.0 Å². The summed E-state index contributed by atoms with van der Waals surface area (Å²) in [7, 11) is 0. The number of ether oxygens (including phenoxy) is 1. The summed E-state index contributed by atoms with van der Waals surface area (Å²) in [6, 6.07) is 9.65. The van der Waals surface area contributed by atoms with Crippen LogP contribution in [0.25, 0.3) is 11.4 Å². The number of nitrogens with one attached hydrogen (secondary N) is 1. The van der Waals surface area contributed by atoms with E-state index in [1.165, 1.54) is 19.3 Å². The van der Waals surface area contributed by atoms with Crippen molar-refractivity contribution in [2.24, 2.45) is 5.92 Å². The van der Waals surface area contributed by atoms with E-state index in [1.54, 1.807) is 4.68 Å². The molecule has 0 radical (unpaired) electrons. The van der Waals surface area contributed by atoms with Crippen LogP contribution in [-0.4, -0.2) is 44.9 Å². The smallest absolute Gasteiger partial charge is 0.241 e. The van der Waals surface area contributed by atoms with E-state index < -0.39 is 0 Å². The zero-order chi connectivity index (χ0) is 17.1. The molecule has 2 aliphatic rings. The van der Waals surface area contributed by atoms with Gasteiger partial charge in [-0.05, 0) is 48.4 Å². The summed E-state index contributed by atoms with van der Waals surface area (Å²) in [5.74, 6) is 1.05. The van der Waals surface area contributed by atoms with Crippen molar-refractivity contribution in [1.29, 1.82) is 0 Å². The average molecular weight is 341 g/mol. The number of tetrazole rings is 1. The molecule has 1 spiro atoms. The first-order valence-corrected chi connectivity index (χ1v) is 8.96. The van der Waals surface area contributed by atoms with Gasteiger partial charge >= 0.3 is 0 Å². The molecule has 1 N–H and O–H groups in total. The number of benzene rings is 1. The molecule has 7 nitrogen and oxygen atoms in total. The van der Waals surface area contributed by atoms with Crippen molar-refractivity contribution < 1.29 is 9.53 Å². The second-order valence-electron chi connectivity index (χ2n) is 7.07. The van der Waals surface area contributed by atoms with Crippen LogP contribution in [0.3, 0.4) is 0 Å². The van der Waals surface area contributed by atoms with Gasteiger partial charge in [0.1, 0.15) is 6.54 Å². The van der Waals surface area contributed by atoms with Crippen molar-refractivity contribution in [3.8, 4) is 11.4 Å². The third kappa shape index (κ3) is 3.56. The van der Waals surface area contributed by atoms with E-state index in [-0.39, 0.29) is 18.1 Å². The Morgan fingerprint density at radius 2 is 2.16 bits per heavy atom. The highest BCUT2D eigenvalue weighted by Crippen LogP contribution is 2.43. The molecule has 1 amide bonds. The van der Waals surface area contributed by atoms with Crippen LogP contribution in [0, 0.1) is 5.92 Å². The standard InChI is InChI=1S/C18H23N5O2/c24-16(19-12-14-7-10-25-18(11-14)8-4-9-18)13-23-17(20-21-22-23)15-5-2-1-3-6-15/h1-3,5-6,14H,4,7-13H2,(H,19,24). The molecule has 1 aromatic heterocycles. The van der Waals surface area contributed by atoms with Gasteiger partial charge in [0, 0.05) is 18.7 Å². The molecule has 132 valence electrons. The molecule has 2 heterocycles. The van der Waals surface area contributed by atoms with Crippen molar-refractivity contribution in [3.05, 3.63) is 30.3 Å². The second kappa shape index (κ2) is 6.92. The van der Waals surface area contributed by atoms with Crippen molar-refractivity contribution in [1.82, 2.24) is 25.5 Å². The lowest BCUT2D eigenvalue weighted by Gasteiger charge is -2.47. The van der Waals surface area contributed by atoms with Gasteiger partial charge in [-0.3, -0.25) is 4.79 Å². The number of carbonyl (C=O) groups is 1. The van der Waals surface area contributed by atoms with Gasteiger partial charge in [-0.25, -0.2) is 4.68 Å². The Kier molecular flexibility index (Phi) is 4.48. The lowest BCUT2D eigenvalue weighted by molar-refractivity contribution is -0.144. The first-order chi connectivity index (χ1) is 12.2. The highest BCUT2D eigenvalue weighted by atomic mass is 16.5. The number of aromatic nitrogens is 4. The molecule has 1 aliphatic heterocycles. The van der Waals surface area contributed by atoms with Crippen LogP contribution >= 0.6 is 0 Å². The minimum absolute atomic E-state index is 0.0568. The Balaban J connectivity index is 1.32. The Morgan fingerprint density at radius 3 is 2.92 bits per heavy atom. The van der Waals surface area contributed by atoms with E-state index in [0.29, 0.717) is 18.3 Å². The third-order valence-corrected chi connectivity index (χ3v) is 5.30. The third-order valence-electron chi connectivity index (χ3n) is 5.30. The minimum atomic E-state index is -0.0568. The second-order valence-corrected chi connectivity index (χ2v) is 7.07. The van der Waals surface area contributed by atoms with Crippen molar-refractivity contribution in [3.63, 3.8) is 0 Å². The predicted octanol–water partition coefficient (Wildman–Crippen LogP) is 1.81.